The van der Waals surface area contributed by atoms with Gasteiger partial charge in [-0.3, -0.25) is 0 Å². The highest BCUT2D eigenvalue weighted by Crippen LogP contribution is 2.42. The van der Waals surface area contributed by atoms with Crippen LogP contribution in [0.25, 0.3) is 10.2 Å². The molecule has 0 N–H and O–H groups in total. The van der Waals surface area contributed by atoms with Crippen molar-refractivity contribution in [3.8, 4) is 0 Å². The van der Waals surface area contributed by atoms with Gasteiger partial charge in [-0.1, -0.05) is 18.7 Å². The predicted octanol–water partition coefficient (Wildman–Crippen LogP) is 4.25. The second-order valence-corrected chi connectivity index (χ2v) is 9.18. The molecule has 2 aliphatic heterocycles. The molecule has 0 aliphatic carbocycles. The van der Waals surface area contributed by atoms with Crippen molar-refractivity contribution < 1.29 is 4.74 Å². The summed E-state index contributed by atoms with van der Waals surface area (Å²) in [6.45, 7) is 9.45. The normalized spacial score (nSPS) is 20.2. The molecule has 4 heterocycles. The van der Waals surface area contributed by atoms with Gasteiger partial charge in [-0.05, 0) is 38.0 Å². The van der Waals surface area contributed by atoms with E-state index in [0.29, 0.717) is 6.61 Å². The molecule has 0 aromatic carbocycles. The van der Waals surface area contributed by atoms with Gasteiger partial charge in [0, 0.05) is 24.4 Å². The number of rotatable bonds is 3. The Balaban J connectivity index is 1.90. The monoisotopic (exact) mass is 349 g/mol. The van der Waals surface area contributed by atoms with E-state index in [4.69, 9.17) is 14.7 Å². The fourth-order valence-corrected chi connectivity index (χ4v) is 5.18. The maximum Gasteiger partial charge on any atom is 0.190 e. The molecule has 0 saturated carbocycles. The van der Waals surface area contributed by atoms with Gasteiger partial charge in [-0.2, -0.15) is 0 Å². The Morgan fingerprint density at radius 2 is 2.04 bits per heavy atom. The number of nitrogens with zero attached hydrogens (tertiary/aromatic N) is 3. The zero-order valence-electron chi connectivity index (χ0n) is 14.0. The first-order valence-electron chi connectivity index (χ1n) is 8.41. The first kappa shape index (κ1) is 15.7. The van der Waals surface area contributed by atoms with E-state index in [-0.39, 0.29) is 5.60 Å². The van der Waals surface area contributed by atoms with Gasteiger partial charge in [0.1, 0.15) is 10.6 Å². The molecule has 4 rings (SSSR count). The Morgan fingerprint density at radius 3 is 2.78 bits per heavy atom. The predicted molar refractivity (Wildman–Crippen MR) is 97.8 cm³/mol. The van der Waals surface area contributed by atoms with Crippen LogP contribution in [0.2, 0.25) is 0 Å². The van der Waals surface area contributed by atoms with Crippen LogP contribution >= 0.6 is 23.1 Å². The van der Waals surface area contributed by atoms with Crippen LogP contribution < -0.4 is 4.90 Å². The summed E-state index contributed by atoms with van der Waals surface area (Å²) >= 11 is 3.53. The first-order valence-corrected chi connectivity index (χ1v) is 10.2. The van der Waals surface area contributed by atoms with Crippen molar-refractivity contribution >= 4 is 39.1 Å². The number of fused-ring (bicyclic) bond motifs is 3. The van der Waals surface area contributed by atoms with E-state index in [2.05, 4.69) is 25.7 Å². The third-order valence-electron chi connectivity index (χ3n) is 4.57. The molecular formula is C17H23N3OS2. The number of thioether (sulfide) groups is 1. The van der Waals surface area contributed by atoms with Crippen LogP contribution in [0.4, 0.5) is 5.82 Å². The lowest BCUT2D eigenvalue weighted by atomic mass is 9.94. The van der Waals surface area contributed by atoms with Gasteiger partial charge in [0.2, 0.25) is 0 Å². The lowest BCUT2D eigenvalue weighted by Crippen LogP contribution is -2.31. The Bertz CT molecular complexity index is 735. The number of anilines is 1. The Hall–Kier alpha value is -0.850. The summed E-state index contributed by atoms with van der Waals surface area (Å²) < 4.78 is 6.01. The summed E-state index contributed by atoms with van der Waals surface area (Å²) in [4.78, 5) is 14.7. The maximum absolute atomic E-state index is 6.01. The van der Waals surface area contributed by atoms with Crippen LogP contribution in [0.3, 0.4) is 0 Å². The lowest BCUT2D eigenvalue weighted by Gasteiger charge is -2.30. The molecule has 4 nitrogen and oxygen atoms in total. The average Bonchev–Trinajstić information content (AvgIpc) is 3.13. The molecular weight excluding hydrogens is 326 g/mol. The van der Waals surface area contributed by atoms with E-state index < -0.39 is 0 Å². The van der Waals surface area contributed by atoms with E-state index in [1.165, 1.54) is 34.5 Å². The standard InChI is InChI=1S/C17H23N3OS2/c1-4-22-16-18-14(20-7-5-6-8-20)13-11-9-17(2,3)21-10-12(11)23-15(13)19-16/h4-10H2,1-3H3. The summed E-state index contributed by atoms with van der Waals surface area (Å²) in [5.41, 5.74) is 1.33. The SMILES string of the molecule is CCSc1nc(N2CCCC2)c2c3c(sc2n1)COC(C)(C)C3. The van der Waals surface area contributed by atoms with Crippen molar-refractivity contribution in [1.29, 1.82) is 0 Å². The van der Waals surface area contributed by atoms with Crippen LogP contribution in [0.15, 0.2) is 5.16 Å². The Labute approximate surface area is 145 Å². The molecule has 0 unspecified atom stereocenters. The minimum Gasteiger partial charge on any atom is -0.370 e. The van der Waals surface area contributed by atoms with Crippen LogP contribution in [-0.4, -0.2) is 34.4 Å². The molecule has 1 fully saturated rings. The smallest absolute Gasteiger partial charge is 0.190 e. The highest BCUT2D eigenvalue weighted by atomic mass is 32.2. The number of hydrogen-bond donors (Lipinski definition) is 0. The topological polar surface area (TPSA) is 38.2 Å². The summed E-state index contributed by atoms with van der Waals surface area (Å²) in [6, 6.07) is 0. The number of ether oxygens (including phenoxy) is 1. The molecule has 6 heteroatoms. The third kappa shape index (κ3) is 2.85. The van der Waals surface area contributed by atoms with Crippen molar-refractivity contribution in [2.75, 3.05) is 23.7 Å². The first-order chi connectivity index (χ1) is 11.1. The van der Waals surface area contributed by atoms with Crippen LogP contribution in [0, 0.1) is 0 Å². The summed E-state index contributed by atoms with van der Waals surface area (Å²) in [7, 11) is 0. The number of aromatic nitrogens is 2. The molecule has 0 amide bonds. The van der Waals surface area contributed by atoms with Crippen LogP contribution in [-0.2, 0) is 17.8 Å². The molecule has 0 atom stereocenters. The number of hydrogen-bond acceptors (Lipinski definition) is 6. The van der Waals surface area contributed by atoms with Gasteiger partial charge >= 0.3 is 0 Å². The minimum atomic E-state index is -0.0971. The molecule has 2 aromatic rings. The van der Waals surface area contributed by atoms with E-state index in [9.17, 15) is 0 Å². The average molecular weight is 350 g/mol. The fourth-order valence-electron chi connectivity index (χ4n) is 3.46. The second-order valence-electron chi connectivity index (χ2n) is 6.87. The largest absolute Gasteiger partial charge is 0.370 e. The van der Waals surface area contributed by atoms with Gasteiger partial charge in [-0.25, -0.2) is 9.97 Å². The third-order valence-corrected chi connectivity index (χ3v) is 6.40. The van der Waals surface area contributed by atoms with Crippen LogP contribution in [0.5, 0.6) is 0 Å². The summed E-state index contributed by atoms with van der Waals surface area (Å²) in [5.74, 6) is 2.17. The molecule has 2 aliphatic rings. The highest BCUT2D eigenvalue weighted by molar-refractivity contribution is 7.99. The molecule has 0 spiro atoms. The Kier molecular flexibility index (Phi) is 4.02. The van der Waals surface area contributed by atoms with Gasteiger partial charge in [0.25, 0.3) is 0 Å². The van der Waals surface area contributed by atoms with E-state index >= 15 is 0 Å². The van der Waals surface area contributed by atoms with Gasteiger partial charge < -0.3 is 9.64 Å². The molecule has 1 saturated heterocycles. The highest BCUT2D eigenvalue weighted by Gasteiger charge is 2.32. The van der Waals surface area contributed by atoms with Gasteiger partial charge in [0.15, 0.2) is 5.16 Å². The summed E-state index contributed by atoms with van der Waals surface area (Å²) in [6.07, 6.45) is 3.48. The lowest BCUT2D eigenvalue weighted by molar-refractivity contribution is -0.0379. The van der Waals surface area contributed by atoms with Gasteiger partial charge in [0.05, 0.1) is 17.6 Å². The minimum absolute atomic E-state index is 0.0971. The molecule has 0 bridgehead atoms. The quantitative estimate of drug-likeness (QED) is 0.612. The Morgan fingerprint density at radius 1 is 1.26 bits per heavy atom. The second kappa shape index (κ2) is 5.90. The van der Waals surface area contributed by atoms with E-state index in [0.717, 1.165) is 35.3 Å². The van der Waals surface area contributed by atoms with Crippen molar-refractivity contribution in [1.82, 2.24) is 9.97 Å². The van der Waals surface area contributed by atoms with Crippen LogP contribution in [0.1, 0.15) is 44.1 Å². The van der Waals surface area contributed by atoms with Crippen molar-refractivity contribution in [3.63, 3.8) is 0 Å². The molecule has 23 heavy (non-hydrogen) atoms. The summed E-state index contributed by atoms with van der Waals surface area (Å²) in [5, 5.41) is 2.21. The van der Waals surface area contributed by atoms with E-state index in [1.54, 1.807) is 23.1 Å². The number of thiophene rings is 1. The zero-order valence-corrected chi connectivity index (χ0v) is 15.6. The van der Waals surface area contributed by atoms with Crippen molar-refractivity contribution in [3.05, 3.63) is 10.4 Å². The molecule has 0 radical (unpaired) electrons. The van der Waals surface area contributed by atoms with Crippen molar-refractivity contribution in [2.24, 2.45) is 0 Å². The fraction of sp³-hybridized carbons (Fsp3) is 0.647. The van der Waals surface area contributed by atoms with Crippen molar-refractivity contribution in [2.45, 2.75) is 57.4 Å². The molecule has 2 aromatic heterocycles. The molecule has 124 valence electrons. The van der Waals surface area contributed by atoms with E-state index in [1.807, 2.05) is 0 Å². The van der Waals surface area contributed by atoms with Gasteiger partial charge in [-0.15, -0.1) is 11.3 Å². The zero-order chi connectivity index (χ0) is 16.0. The maximum atomic E-state index is 6.01.